The first-order chi connectivity index (χ1) is 14.6. The Balaban J connectivity index is 1.47. The second kappa shape index (κ2) is 9.23. The number of nitrogens with zero attached hydrogens (tertiary/aromatic N) is 2. The molecular weight excluding hydrogens is 418 g/mol. The van der Waals surface area contributed by atoms with Crippen LogP contribution in [0.5, 0.6) is 5.75 Å². The zero-order valence-corrected chi connectivity index (χ0v) is 18.4. The molecule has 1 amide bonds. The number of carbonyl (C=O) groups is 1. The van der Waals surface area contributed by atoms with Crippen molar-refractivity contribution in [1.29, 1.82) is 0 Å². The average molecular weight is 442 g/mol. The van der Waals surface area contributed by atoms with Crippen LogP contribution in [0.1, 0.15) is 37.7 Å². The van der Waals surface area contributed by atoms with Crippen LogP contribution >= 0.6 is 23.4 Å². The zero-order valence-electron chi connectivity index (χ0n) is 16.9. The molecule has 1 fully saturated rings. The van der Waals surface area contributed by atoms with Gasteiger partial charge in [0.2, 0.25) is 5.91 Å². The smallest absolute Gasteiger partial charge is 0.234 e. The molecule has 0 bridgehead atoms. The molecule has 2 aromatic carbocycles. The predicted molar refractivity (Wildman–Crippen MR) is 125 cm³/mol. The van der Waals surface area contributed by atoms with Gasteiger partial charge < -0.3 is 10.1 Å². The number of rotatable bonds is 5. The monoisotopic (exact) mass is 441 g/mol. The van der Waals surface area contributed by atoms with E-state index in [-0.39, 0.29) is 17.3 Å². The molecule has 1 spiro atoms. The summed E-state index contributed by atoms with van der Waals surface area (Å²) in [6.07, 6.45) is 5.43. The number of benzene rings is 2. The number of anilines is 1. The van der Waals surface area contributed by atoms with Crippen LogP contribution < -0.4 is 10.1 Å². The number of hydrogen-bond acceptors (Lipinski definition) is 5. The lowest BCUT2D eigenvalue weighted by Gasteiger charge is -2.27. The zero-order chi connectivity index (χ0) is 21.0. The van der Waals surface area contributed by atoms with Gasteiger partial charge >= 0.3 is 0 Å². The lowest BCUT2D eigenvalue weighted by atomic mass is 9.90. The van der Waals surface area contributed by atoms with Gasteiger partial charge in [0.05, 0.1) is 18.6 Å². The second-order valence-electron chi connectivity index (χ2n) is 7.49. The minimum atomic E-state index is -0.359. The Bertz CT molecular complexity index is 965. The minimum absolute atomic E-state index is 0.0760. The van der Waals surface area contributed by atoms with Crippen molar-refractivity contribution in [1.82, 2.24) is 0 Å². The number of nitrogens with one attached hydrogen (secondary N) is 1. The lowest BCUT2D eigenvalue weighted by Crippen LogP contribution is -2.25. The molecule has 4 rings (SSSR count). The van der Waals surface area contributed by atoms with E-state index < -0.39 is 0 Å². The van der Waals surface area contributed by atoms with Gasteiger partial charge in [0.25, 0.3) is 0 Å². The van der Waals surface area contributed by atoms with Crippen molar-refractivity contribution in [3.05, 3.63) is 59.1 Å². The highest BCUT2D eigenvalue weighted by atomic mass is 35.5. The summed E-state index contributed by atoms with van der Waals surface area (Å²) >= 11 is 7.50. The van der Waals surface area contributed by atoms with E-state index in [4.69, 9.17) is 26.3 Å². The maximum Gasteiger partial charge on any atom is 0.234 e. The van der Waals surface area contributed by atoms with Crippen molar-refractivity contribution in [2.45, 2.75) is 37.8 Å². The molecule has 0 aromatic heterocycles. The molecule has 5 nitrogen and oxygen atoms in total. The molecule has 0 saturated heterocycles. The molecule has 1 N–H and O–H groups in total. The predicted octanol–water partition coefficient (Wildman–Crippen LogP) is 5.58. The molecule has 1 heterocycles. The van der Waals surface area contributed by atoms with Crippen LogP contribution in [0.2, 0.25) is 5.02 Å². The van der Waals surface area contributed by atoms with Gasteiger partial charge in [-0.1, -0.05) is 41.9 Å². The molecular formula is C23H24ClN3O2S. The Morgan fingerprint density at radius 3 is 2.43 bits per heavy atom. The van der Waals surface area contributed by atoms with Gasteiger partial charge in [-0.05, 0) is 62.1 Å². The third-order valence-electron chi connectivity index (χ3n) is 5.32. The van der Waals surface area contributed by atoms with Crippen LogP contribution in [0.4, 0.5) is 5.69 Å². The molecule has 2 aromatic rings. The standard InChI is InChI=1S/C23H24ClN3O2S/c1-29-19-11-9-18(10-12-19)25-20(28)15-30-22-21(16-5-7-17(24)8-6-16)26-23(27-22)13-3-2-4-14-23/h5-12H,2-4,13-15H2,1H3,(H,25,28). The third-order valence-corrected chi connectivity index (χ3v) is 6.53. The maximum absolute atomic E-state index is 12.5. The number of aliphatic imine (C=N–C) groups is 2. The Morgan fingerprint density at radius 2 is 1.77 bits per heavy atom. The van der Waals surface area contributed by atoms with E-state index in [0.29, 0.717) is 5.02 Å². The van der Waals surface area contributed by atoms with E-state index in [2.05, 4.69) is 5.32 Å². The first kappa shape index (κ1) is 20.9. The largest absolute Gasteiger partial charge is 0.497 e. The summed E-state index contributed by atoms with van der Waals surface area (Å²) in [6.45, 7) is 0. The second-order valence-corrected chi connectivity index (χ2v) is 8.89. The lowest BCUT2D eigenvalue weighted by molar-refractivity contribution is -0.113. The summed E-state index contributed by atoms with van der Waals surface area (Å²) in [5, 5.41) is 4.45. The molecule has 2 aliphatic rings. The summed E-state index contributed by atoms with van der Waals surface area (Å²) in [6, 6.07) is 15.0. The highest BCUT2D eigenvalue weighted by Gasteiger charge is 2.37. The fraction of sp³-hybridized carbons (Fsp3) is 0.348. The molecule has 156 valence electrons. The van der Waals surface area contributed by atoms with E-state index in [1.807, 2.05) is 48.5 Å². The van der Waals surface area contributed by atoms with Gasteiger partial charge in [-0.15, -0.1) is 0 Å². The van der Waals surface area contributed by atoms with Crippen LogP contribution in [0, 0.1) is 0 Å². The Hall–Kier alpha value is -2.31. The highest BCUT2D eigenvalue weighted by Crippen LogP contribution is 2.38. The van der Waals surface area contributed by atoms with Crippen molar-refractivity contribution in [2.24, 2.45) is 9.98 Å². The number of ether oxygens (including phenoxy) is 1. The Morgan fingerprint density at radius 1 is 1.07 bits per heavy atom. The molecule has 7 heteroatoms. The van der Waals surface area contributed by atoms with E-state index >= 15 is 0 Å². The van der Waals surface area contributed by atoms with Gasteiger partial charge in [-0.2, -0.15) is 0 Å². The van der Waals surface area contributed by atoms with E-state index in [9.17, 15) is 4.79 Å². The molecule has 1 aliphatic carbocycles. The van der Waals surface area contributed by atoms with Gasteiger partial charge in [0, 0.05) is 16.3 Å². The average Bonchev–Trinajstić information content (AvgIpc) is 3.11. The molecule has 1 aliphatic heterocycles. The van der Waals surface area contributed by atoms with Crippen LogP contribution in [0.15, 0.2) is 58.5 Å². The van der Waals surface area contributed by atoms with E-state index in [1.165, 1.54) is 18.2 Å². The van der Waals surface area contributed by atoms with Crippen LogP contribution in [-0.2, 0) is 4.79 Å². The van der Waals surface area contributed by atoms with Crippen LogP contribution in [-0.4, -0.2) is 35.2 Å². The summed E-state index contributed by atoms with van der Waals surface area (Å²) in [5.74, 6) is 0.949. The van der Waals surface area contributed by atoms with E-state index in [1.54, 1.807) is 7.11 Å². The van der Waals surface area contributed by atoms with Crippen molar-refractivity contribution < 1.29 is 9.53 Å². The summed E-state index contributed by atoms with van der Waals surface area (Å²) in [4.78, 5) is 22.6. The number of halogens is 1. The number of carbonyl (C=O) groups excluding carboxylic acids is 1. The van der Waals surface area contributed by atoms with Crippen molar-refractivity contribution in [3.8, 4) is 5.75 Å². The van der Waals surface area contributed by atoms with Gasteiger partial charge in [-0.25, -0.2) is 4.99 Å². The quantitative estimate of drug-likeness (QED) is 0.658. The van der Waals surface area contributed by atoms with E-state index in [0.717, 1.165) is 53.4 Å². The Kier molecular flexibility index (Phi) is 6.44. The number of hydrogen-bond donors (Lipinski definition) is 1. The summed E-state index contributed by atoms with van der Waals surface area (Å²) in [5.41, 5.74) is 2.24. The minimum Gasteiger partial charge on any atom is -0.497 e. The van der Waals surface area contributed by atoms with Crippen molar-refractivity contribution in [2.75, 3.05) is 18.2 Å². The van der Waals surface area contributed by atoms with Gasteiger partial charge in [0.15, 0.2) is 5.66 Å². The Labute approximate surface area is 186 Å². The van der Waals surface area contributed by atoms with Gasteiger partial charge in [-0.3, -0.25) is 9.79 Å². The van der Waals surface area contributed by atoms with Crippen molar-refractivity contribution >= 4 is 45.7 Å². The maximum atomic E-state index is 12.5. The number of methoxy groups -OCH3 is 1. The SMILES string of the molecule is COc1ccc(NC(=O)CSC2=NC3(CCCCC3)N=C2c2ccc(Cl)cc2)cc1. The highest BCUT2D eigenvalue weighted by molar-refractivity contribution is 8.16. The van der Waals surface area contributed by atoms with Gasteiger partial charge in [0.1, 0.15) is 10.8 Å². The first-order valence-corrected chi connectivity index (χ1v) is 11.5. The molecule has 1 saturated carbocycles. The summed E-state index contributed by atoms with van der Waals surface area (Å²) < 4.78 is 5.15. The molecule has 30 heavy (non-hydrogen) atoms. The van der Waals surface area contributed by atoms with Crippen LogP contribution in [0.25, 0.3) is 0 Å². The fourth-order valence-corrected chi connectivity index (χ4v) is 4.77. The first-order valence-electron chi connectivity index (χ1n) is 10.1. The fourth-order valence-electron chi connectivity index (χ4n) is 3.77. The topological polar surface area (TPSA) is 63.0 Å². The van der Waals surface area contributed by atoms with Crippen molar-refractivity contribution in [3.63, 3.8) is 0 Å². The third kappa shape index (κ3) is 4.87. The molecule has 0 radical (unpaired) electrons. The van der Waals surface area contributed by atoms with Crippen LogP contribution in [0.3, 0.4) is 0 Å². The molecule has 0 unspecified atom stereocenters. The number of amides is 1. The summed E-state index contributed by atoms with van der Waals surface area (Å²) in [7, 11) is 1.62. The molecule has 0 atom stereocenters. The normalized spacial score (nSPS) is 17.4. The number of thioether (sulfide) groups is 1.